The SMILES string of the molecule is COC(=O)c1cc(C(C)OC)c(C(F)(F)F)cc1NC(C)=O. The van der Waals surface area contributed by atoms with Gasteiger partial charge in [0.1, 0.15) is 0 Å². The maximum Gasteiger partial charge on any atom is 0.416 e. The van der Waals surface area contributed by atoms with Crippen molar-refractivity contribution in [3.05, 3.63) is 28.8 Å². The van der Waals surface area contributed by atoms with E-state index in [9.17, 15) is 22.8 Å². The molecule has 122 valence electrons. The molecule has 0 fully saturated rings. The largest absolute Gasteiger partial charge is 0.465 e. The van der Waals surface area contributed by atoms with E-state index in [0.29, 0.717) is 6.07 Å². The molecule has 8 heteroatoms. The summed E-state index contributed by atoms with van der Waals surface area (Å²) < 4.78 is 49.0. The van der Waals surface area contributed by atoms with Gasteiger partial charge in [-0.25, -0.2) is 4.79 Å². The van der Waals surface area contributed by atoms with Gasteiger partial charge in [0.15, 0.2) is 0 Å². The molecule has 1 N–H and O–H groups in total. The smallest absolute Gasteiger partial charge is 0.416 e. The number of hydrogen-bond acceptors (Lipinski definition) is 4. The highest BCUT2D eigenvalue weighted by atomic mass is 19.4. The van der Waals surface area contributed by atoms with Crippen LogP contribution < -0.4 is 5.32 Å². The molecule has 0 radical (unpaired) electrons. The van der Waals surface area contributed by atoms with Crippen molar-refractivity contribution in [3.63, 3.8) is 0 Å². The molecular formula is C14H16F3NO4. The third kappa shape index (κ3) is 3.97. The molecule has 0 aliphatic carbocycles. The average Bonchev–Trinajstić information content (AvgIpc) is 2.43. The van der Waals surface area contributed by atoms with E-state index >= 15 is 0 Å². The third-order valence-corrected chi connectivity index (χ3v) is 3.00. The molecule has 1 aromatic carbocycles. The monoisotopic (exact) mass is 319 g/mol. The standard InChI is InChI=1S/C14H16F3NO4/c1-7(21-3)9-5-10(13(20)22-4)12(18-8(2)19)6-11(9)14(15,16)17/h5-7H,1-4H3,(H,18,19). The Kier molecular flexibility index (Phi) is 5.54. The Bertz CT molecular complexity index is 584. The second kappa shape index (κ2) is 6.78. The highest BCUT2D eigenvalue weighted by molar-refractivity contribution is 6.01. The fourth-order valence-electron chi connectivity index (χ4n) is 1.90. The van der Waals surface area contributed by atoms with Crippen molar-refractivity contribution in [2.75, 3.05) is 19.5 Å². The number of methoxy groups -OCH3 is 2. The molecule has 1 atom stereocenters. The first-order valence-corrected chi connectivity index (χ1v) is 6.25. The van der Waals surface area contributed by atoms with Crippen molar-refractivity contribution in [2.24, 2.45) is 0 Å². The third-order valence-electron chi connectivity index (χ3n) is 3.00. The number of ether oxygens (including phenoxy) is 2. The number of amides is 1. The van der Waals surface area contributed by atoms with Gasteiger partial charge >= 0.3 is 12.1 Å². The summed E-state index contributed by atoms with van der Waals surface area (Å²) in [5, 5.41) is 2.20. The average molecular weight is 319 g/mol. The Morgan fingerprint density at radius 3 is 2.23 bits per heavy atom. The summed E-state index contributed by atoms with van der Waals surface area (Å²) >= 11 is 0. The first kappa shape index (κ1) is 18.0. The number of benzene rings is 1. The maximum absolute atomic E-state index is 13.2. The van der Waals surface area contributed by atoms with Crippen molar-refractivity contribution in [1.82, 2.24) is 0 Å². The van der Waals surface area contributed by atoms with Gasteiger partial charge in [-0.2, -0.15) is 13.2 Å². The van der Waals surface area contributed by atoms with Gasteiger partial charge in [-0.1, -0.05) is 0 Å². The summed E-state index contributed by atoms with van der Waals surface area (Å²) in [6.45, 7) is 2.55. The van der Waals surface area contributed by atoms with E-state index in [1.807, 2.05) is 0 Å². The van der Waals surface area contributed by atoms with Gasteiger partial charge in [-0.15, -0.1) is 0 Å². The maximum atomic E-state index is 13.2. The van der Waals surface area contributed by atoms with Gasteiger partial charge in [0.05, 0.1) is 30.0 Å². The molecular weight excluding hydrogens is 303 g/mol. The number of alkyl halides is 3. The summed E-state index contributed by atoms with van der Waals surface area (Å²) in [7, 11) is 2.35. The van der Waals surface area contributed by atoms with Crippen molar-refractivity contribution < 1.29 is 32.2 Å². The topological polar surface area (TPSA) is 64.6 Å². The Balaban J connectivity index is 3.63. The van der Waals surface area contributed by atoms with Crippen molar-refractivity contribution in [2.45, 2.75) is 26.1 Å². The normalized spacial score (nSPS) is 12.7. The fourth-order valence-corrected chi connectivity index (χ4v) is 1.90. The minimum atomic E-state index is -4.66. The molecule has 0 saturated carbocycles. The summed E-state index contributed by atoms with van der Waals surface area (Å²) in [4.78, 5) is 22.9. The van der Waals surface area contributed by atoms with Crippen LogP contribution >= 0.6 is 0 Å². The molecule has 5 nitrogen and oxygen atoms in total. The van der Waals surface area contributed by atoms with E-state index in [1.165, 1.54) is 14.0 Å². The second-order valence-electron chi connectivity index (χ2n) is 4.53. The van der Waals surface area contributed by atoms with Crippen LogP contribution in [0.3, 0.4) is 0 Å². The van der Waals surface area contributed by atoms with E-state index < -0.39 is 29.7 Å². The molecule has 1 amide bonds. The summed E-state index contributed by atoms with van der Waals surface area (Å²) in [6, 6.07) is 1.73. The second-order valence-corrected chi connectivity index (χ2v) is 4.53. The Morgan fingerprint density at radius 1 is 1.23 bits per heavy atom. The van der Waals surface area contributed by atoms with Crippen molar-refractivity contribution in [1.29, 1.82) is 0 Å². The lowest BCUT2D eigenvalue weighted by Gasteiger charge is -2.20. The van der Waals surface area contributed by atoms with Crippen LogP contribution in [0.5, 0.6) is 0 Å². The number of rotatable bonds is 4. The predicted molar refractivity (Wildman–Crippen MR) is 72.5 cm³/mol. The molecule has 0 spiro atoms. The number of anilines is 1. The van der Waals surface area contributed by atoms with Crippen LogP contribution in [-0.2, 0) is 20.4 Å². The molecule has 0 saturated heterocycles. The lowest BCUT2D eigenvalue weighted by atomic mass is 9.97. The fraction of sp³-hybridized carbons (Fsp3) is 0.429. The molecule has 22 heavy (non-hydrogen) atoms. The van der Waals surface area contributed by atoms with Gasteiger partial charge in [-0.05, 0) is 24.6 Å². The molecule has 1 rings (SSSR count). The van der Waals surface area contributed by atoms with Crippen LogP contribution in [-0.4, -0.2) is 26.1 Å². The number of nitrogens with one attached hydrogen (secondary N) is 1. The first-order chi connectivity index (χ1) is 10.1. The molecule has 0 aromatic heterocycles. The number of carbonyl (C=O) groups is 2. The van der Waals surface area contributed by atoms with Gasteiger partial charge < -0.3 is 14.8 Å². The predicted octanol–water partition coefficient (Wildman–Crippen LogP) is 3.16. The van der Waals surface area contributed by atoms with E-state index in [0.717, 1.165) is 20.1 Å². The molecule has 0 aliphatic heterocycles. The molecule has 1 aromatic rings. The zero-order valence-corrected chi connectivity index (χ0v) is 12.5. The summed E-state index contributed by atoms with van der Waals surface area (Å²) in [6.07, 6.45) is -5.56. The molecule has 0 bridgehead atoms. The van der Waals surface area contributed by atoms with Crippen LogP contribution in [0.1, 0.15) is 41.4 Å². The van der Waals surface area contributed by atoms with E-state index in [1.54, 1.807) is 0 Å². The Hall–Kier alpha value is -2.09. The molecule has 0 aliphatic rings. The van der Waals surface area contributed by atoms with Gasteiger partial charge in [-0.3, -0.25) is 4.79 Å². The highest BCUT2D eigenvalue weighted by Gasteiger charge is 2.36. The number of hydrogen-bond donors (Lipinski definition) is 1. The Morgan fingerprint density at radius 2 is 1.82 bits per heavy atom. The van der Waals surface area contributed by atoms with Crippen LogP contribution in [0.4, 0.5) is 18.9 Å². The lowest BCUT2D eigenvalue weighted by Crippen LogP contribution is -2.18. The summed E-state index contributed by atoms with van der Waals surface area (Å²) in [5.74, 6) is -1.46. The molecule has 0 heterocycles. The quantitative estimate of drug-likeness (QED) is 0.866. The van der Waals surface area contributed by atoms with Crippen LogP contribution in [0.2, 0.25) is 0 Å². The highest BCUT2D eigenvalue weighted by Crippen LogP contribution is 2.38. The van der Waals surface area contributed by atoms with Crippen molar-refractivity contribution in [3.8, 4) is 0 Å². The minimum absolute atomic E-state index is 0.176. The number of halogens is 3. The summed E-state index contributed by atoms with van der Waals surface area (Å²) in [5.41, 5.74) is -1.65. The van der Waals surface area contributed by atoms with Gasteiger partial charge in [0.2, 0.25) is 5.91 Å². The number of esters is 1. The lowest BCUT2D eigenvalue weighted by molar-refractivity contribution is -0.139. The van der Waals surface area contributed by atoms with Crippen LogP contribution in [0.15, 0.2) is 12.1 Å². The first-order valence-electron chi connectivity index (χ1n) is 6.25. The van der Waals surface area contributed by atoms with Gasteiger partial charge in [0, 0.05) is 14.0 Å². The number of carbonyl (C=O) groups excluding carboxylic acids is 2. The zero-order chi connectivity index (χ0) is 17.1. The zero-order valence-electron chi connectivity index (χ0n) is 12.5. The van der Waals surface area contributed by atoms with Crippen LogP contribution in [0, 0.1) is 0 Å². The molecule has 1 unspecified atom stereocenters. The van der Waals surface area contributed by atoms with E-state index in [2.05, 4.69) is 10.1 Å². The van der Waals surface area contributed by atoms with Gasteiger partial charge in [0.25, 0.3) is 0 Å². The van der Waals surface area contributed by atoms with Crippen molar-refractivity contribution >= 4 is 17.6 Å². The van der Waals surface area contributed by atoms with E-state index in [4.69, 9.17) is 4.74 Å². The van der Waals surface area contributed by atoms with Crippen LogP contribution in [0.25, 0.3) is 0 Å². The van der Waals surface area contributed by atoms with E-state index in [-0.39, 0.29) is 16.8 Å². The minimum Gasteiger partial charge on any atom is -0.465 e. The Labute approximate surface area is 125 Å².